The summed E-state index contributed by atoms with van der Waals surface area (Å²) in [6, 6.07) is -0.728. The van der Waals surface area contributed by atoms with Gasteiger partial charge in [-0.15, -0.1) is 0 Å². The number of nitrogens with zero attached hydrogens (tertiary/aromatic N) is 2. The molecular formula is C12H20N2O4. The monoisotopic (exact) mass is 256 g/mol. The van der Waals surface area contributed by atoms with Gasteiger partial charge in [-0.2, -0.15) is 0 Å². The third-order valence-electron chi connectivity index (χ3n) is 3.73. The Balaban J connectivity index is 2.07. The molecule has 2 saturated heterocycles. The fourth-order valence-corrected chi connectivity index (χ4v) is 2.66. The molecule has 2 aliphatic heterocycles. The van der Waals surface area contributed by atoms with Crippen molar-refractivity contribution < 1.29 is 19.4 Å². The number of carbonyl (C=O) groups is 2. The van der Waals surface area contributed by atoms with Crippen LogP contribution in [0.5, 0.6) is 0 Å². The van der Waals surface area contributed by atoms with Gasteiger partial charge in [-0.25, -0.2) is 9.59 Å². The zero-order valence-electron chi connectivity index (χ0n) is 10.7. The van der Waals surface area contributed by atoms with Crippen molar-refractivity contribution in [3.63, 3.8) is 0 Å². The molecule has 0 aromatic heterocycles. The van der Waals surface area contributed by atoms with Crippen LogP contribution in [0.4, 0.5) is 4.79 Å². The molecule has 0 saturated carbocycles. The van der Waals surface area contributed by atoms with Gasteiger partial charge in [0, 0.05) is 13.1 Å². The van der Waals surface area contributed by atoms with Crippen LogP contribution in [0.25, 0.3) is 0 Å². The molecule has 0 radical (unpaired) electrons. The van der Waals surface area contributed by atoms with Gasteiger partial charge in [-0.05, 0) is 19.3 Å². The van der Waals surface area contributed by atoms with Crippen LogP contribution >= 0.6 is 0 Å². The number of rotatable bonds is 2. The minimum Gasteiger partial charge on any atom is -0.480 e. The SMILES string of the molecule is CCC1COCCN1C(=O)N1CCCC1C(=O)O. The Morgan fingerprint density at radius 1 is 1.33 bits per heavy atom. The third-order valence-corrected chi connectivity index (χ3v) is 3.73. The van der Waals surface area contributed by atoms with Gasteiger partial charge in [0.2, 0.25) is 0 Å². The van der Waals surface area contributed by atoms with Crippen molar-refractivity contribution >= 4 is 12.0 Å². The molecule has 6 nitrogen and oxygen atoms in total. The molecule has 0 aromatic rings. The largest absolute Gasteiger partial charge is 0.480 e. The predicted molar refractivity (Wildman–Crippen MR) is 64.4 cm³/mol. The van der Waals surface area contributed by atoms with Crippen LogP contribution in [0, 0.1) is 0 Å². The van der Waals surface area contributed by atoms with Crippen LogP contribution < -0.4 is 0 Å². The molecule has 2 fully saturated rings. The number of aliphatic carboxylic acids is 1. The molecule has 2 atom stereocenters. The van der Waals surface area contributed by atoms with Crippen LogP contribution in [0.3, 0.4) is 0 Å². The second-order valence-corrected chi connectivity index (χ2v) is 4.80. The molecule has 2 unspecified atom stereocenters. The maximum atomic E-state index is 12.4. The summed E-state index contributed by atoms with van der Waals surface area (Å²) in [5.74, 6) is -0.901. The quantitative estimate of drug-likeness (QED) is 0.792. The topological polar surface area (TPSA) is 70.1 Å². The first-order valence-corrected chi connectivity index (χ1v) is 6.53. The van der Waals surface area contributed by atoms with Crippen LogP contribution in [-0.2, 0) is 9.53 Å². The van der Waals surface area contributed by atoms with Gasteiger partial charge in [-0.3, -0.25) is 0 Å². The Labute approximate surface area is 106 Å². The Morgan fingerprint density at radius 3 is 2.78 bits per heavy atom. The second-order valence-electron chi connectivity index (χ2n) is 4.80. The fraction of sp³-hybridized carbons (Fsp3) is 0.833. The Bertz CT molecular complexity index is 334. The molecule has 2 aliphatic rings. The molecule has 0 spiro atoms. The van der Waals surface area contributed by atoms with Crippen LogP contribution in [0.15, 0.2) is 0 Å². The summed E-state index contributed by atoms with van der Waals surface area (Å²) in [4.78, 5) is 26.8. The summed E-state index contributed by atoms with van der Waals surface area (Å²) in [5.41, 5.74) is 0. The van der Waals surface area contributed by atoms with Crippen molar-refractivity contribution in [3.05, 3.63) is 0 Å². The summed E-state index contributed by atoms with van der Waals surface area (Å²) < 4.78 is 5.36. The summed E-state index contributed by atoms with van der Waals surface area (Å²) >= 11 is 0. The number of carboxylic acid groups (broad SMARTS) is 1. The highest BCUT2D eigenvalue weighted by molar-refractivity contribution is 5.83. The van der Waals surface area contributed by atoms with Gasteiger partial charge >= 0.3 is 12.0 Å². The summed E-state index contributed by atoms with van der Waals surface area (Å²) in [5, 5.41) is 9.12. The Kier molecular flexibility index (Phi) is 4.06. The lowest BCUT2D eigenvalue weighted by Crippen LogP contribution is -2.55. The highest BCUT2D eigenvalue weighted by Crippen LogP contribution is 2.22. The zero-order chi connectivity index (χ0) is 13.1. The number of likely N-dealkylation sites (tertiary alicyclic amines) is 1. The van der Waals surface area contributed by atoms with Crippen molar-refractivity contribution in [3.8, 4) is 0 Å². The second kappa shape index (κ2) is 5.56. The van der Waals surface area contributed by atoms with E-state index < -0.39 is 12.0 Å². The molecule has 0 aromatic carbocycles. The number of hydrogen-bond donors (Lipinski definition) is 1. The lowest BCUT2D eigenvalue weighted by atomic mass is 10.2. The number of hydrogen-bond acceptors (Lipinski definition) is 3. The molecular weight excluding hydrogens is 236 g/mol. The van der Waals surface area contributed by atoms with Crippen LogP contribution in [0.2, 0.25) is 0 Å². The summed E-state index contributed by atoms with van der Waals surface area (Å²) in [6.45, 7) is 4.20. The molecule has 2 heterocycles. The minimum atomic E-state index is -0.901. The van der Waals surface area contributed by atoms with Crippen LogP contribution in [-0.4, -0.2) is 65.3 Å². The van der Waals surface area contributed by atoms with Crippen molar-refractivity contribution in [2.45, 2.75) is 38.3 Å². The number of urea groups is 1. The molecule has 2 amide bonds. The van der Waals surface area contributed by atoms with E-state index in [0.29, 0.717) is 32.7 Å². The maximum absolute atomic E-state index is 12.4. The first kappa shape index (κ1) is 13.1. The third kappa shape index (κ3) is 2.43. The van der Waals surface area contributed by atoms with Crippen molar-refractivity contribution in [1.29, 1.82) is 0 Å². The van der Waals surface area contributed by atoms with Gasteiger partial charge < -0.3 is 19.6 Å². The number of ether oxygens (including phenoxy) is 1. The molecule has 1 N–H and O–H groups in total. The number of carboxylic acids is 1. The van der Waals surface area contributed by atoms with E-state index in [1.54, 1.807) is 4.90 Å². The predicted octanol–water partition coefficient (Wildman–Crippen LogP) is 0.766. The molecule has 18 heavy (non-hydrogen) atoms. The highest BCUT2D eigenvalue weighted by atomic mass is 16.5. The van der Waals surface area contributed by atoms with E-state index in [4.69, 9.17) is 9.84 Å². The first-order valence-electron chi connectivity index (χ1n) is 6.53. The van der Waals surface area contributed by atoms with Crippen molar-refractivity contribution in [2.24, 2.45) is 0 Å². The number of carbonyl (C=O) groups excluding carboxylic acids is 1. The van der Waals surface area contributed by atoms with E-state index in [9.17, 15) is 9.59 Å². The van der Waals surface area contributed by atoms with Gasteiger partial charge in [0.05, 0.1) is 19.3 Å². The molecule has 6 heteroatoms. The smallest absolute Gasteiger partial charge is 0.326 e. The normalized spacial score (nSPS) is 28.5. The first-order chi connectivity index (χ1) is 8.65. The fourth-order valence-electron chi connectivity index (χ4n) is 2.66. The van der Waals surface area contributed by atoms with E-state index in [1.807, 2.05) is 6.92 Å². The van der Waals surface area contributed by atoms with Gasteiger partial charge in [-0.1, -0.05) is 6.92 Å². The Morgan fingerprint density at radius 2 is 2.11 bits per heavy atom. The van der Waals surface area contributed by atoms with Gasteiger partial charge in [0.1, 0.15) is 6.04 Å². The highest BCUT2D eigenvalue weighted by Gasteiger charge is 2.38. The number of amides is 2. The standard InChI is InChI=1S/C12H20N2O4/c1-2-9-8-18-7-6-13(9)12(17)14-5-3-4-10(14)11(15)16/h9-10H,2-8H2,1H3,(H,15,16). The molecule has 0 bridgehead atoms. The van der Waals surface area contributed by atoms with E-state index in [0.717, 1.165) is 12.8 Å². The molecule has 102 valence electrons. The zero-order valence-corrected chi connectivity index (χ0v) is 10.7. The van der Waals surface area contributed by atoms with Crippen LogP contribution in [0.1, 0.15) is 26.2 Å². The lowest BCUT2D eigenvalue weighted by molar-refractivity contribution is -0.141. The lowest BCUT2D eigenvalue weighted by Gasteiger charge is -2.38. The Hall–Kier alpha value is -1.30. The summed E-state index contributed by atoms with van der Waals surface area (Å²) in [7, 11) is 0. The van der Waals surface area contributed by atoms with E-state index in [1.165, 1.54) is 4.90 Å². The minimum absolute atomic E-state index is 0.0706. The van der Waals surface area contributed by atoms with Crippen molar-refractivity contribution in [1.82, 2.24) is 9.80 Å². The average Bonchev–Trinajstić information content (AvgIpc) is 2.87. The van der Waals surface area contributed by atoms with Gasteiger partial charge in [0.25, 0.3) is 0 Å². The molecule has 0 aliphatic carbocycles. The van der Waals surface area contributed by atoms with Crippen molar-refractivity contribution in [2.75, 3.05) is 26.3 Å². The van der Waals surface area contributed by atoms with E-state index >= 15 is 0 Å². The number of morpholine rings is 1. The summed E-state index contributed by atoms with van der Waals surface area (Å²) in [6.07, 6.45) is 2.16. The van der Waals surface area contributed by atoms with E-state index in [2.05, 4.69) is 0 Å². The maximum Gasteiger partial charge on any atom is 0.326 e. The average molecular weight is 256 g/mol. The molecule has 2 rings (SSSR count). The van der Waals surface area contributed by atoms with Gasteiger partial charge in [0.15, 0.2) is 0 Å². The van der Waals surface area contributed by atoms with E-state index in [-0.39, 0.29) is 12.1 Å².